The molecule has 2 aromatic rings. The highest BCUT2D eigenvalue weighted by atomic mass is 32.1. The Hall–Kier alpha value is -2.26. The van der Waals surface area contributed by atoms with E-state index in [2.05, 4.69) is 10.3 Å². The fourth-order valence-corrected chi connectivity index (χ4v) is 3.66. The Kier molecular flexibility index (Phi) is 4.39. The molecule has 0 aromatic carbocycles. The summed E-state index contributed by atoms with van der Waals surface area (Å²) in [4.78, 5) is 41.9. The van der Waals surface area contributed by atoms with E-state index in [-0.39, 0.29) is 12.2 Å². The zero-order chi connectivity index (χ0) is 16.4. The maximum atomic E-state index is 12.1. The van der Waals surface area contributed by atoms with Crippen molar-refractivity contribution >= 4 is 40.6 Å². The van der Waals surface area contributed by atoms with Crippen LogP contribution in [-0.2, 0) is 9.53 Å². The Balaban J connectivity index is 1.64. The number of imide groups is 1. The predicted octanol–water partition coefficient (Wildman–Crippen LogP) is 1.97. The van der Waals surface area contributed by atoms with E-state index in [1.54, 1.807) is 5.38 Å². The first-order valence-electron chi connectivity index (χ1n) is 6.86. The first kappa shape index (κ1) is 15.6. The Morgan fingerprint density at radius 2 is 2.26 bits per heavy atom. The van der Waals surface area contributed by atoms with Gasteiger partial charge in [0.1, 0.15) is 5.01 Å². The molecule has 1 aliphatic rings. The summed E-state index contributed by atoms with van der Waals surface area (Å²) in [5.41, 5.74) is 0.156. The van der Waals surface area contributed by atoms with E-state index < -0.39 is 24.0 Å². The molecule has 1 fully saturated rings. The van der Waals surface area contributed by atoms with Gasteiger partial charge in [-0.1, -0.05) is 6.07 Å². The molecule has 1 atom stereocenters. The Morgan fingerprint density at radius 3 is 2.91 bits per heavy atom. The van der Waals surface area contributed by atoms with Crippen LogP contribution < -0.4 is 5.32 Å². The largest absolute Gasteiger partial charge is 0.448 e. The van der Waals surface area contributed by atoms with Crippen LogP contribution in [0.25, 0.3) is 9.88 Å². The van der Waals surface area contributed by atoms with Gasteiger partial charge >= 0.3 is 12.0 Å². The Labute approximate surface area is 139 Å². The highest BCUT2D eigenvalue weighted by molar-refractivity contribution is 7.20. The van der Waals surface area contributed by atoms with Crippen LogP contribution in [0.1, 0.15) is 17.4 Å². The third-order valence-corrected chi connectivity index (χ3v) is 5.08. The number of rotatable bonds is 4. The molecule has 0 bridgehead atoms. The second-order valence-electron chi connectivity index (χ2n) is 4.78. The molecule has 7 nitrogen and oxygen atoms in total. The molecule has 3 rings (SSSR count). The number of thiophene rings is 1. The number of carbonyl (C=O) groups is 3. The van der Waals surface area contributed by atoms with E-state index in [9.17, 15) is 14.4 Å². The second kappa shape index (κ2) is 6.47. The summed E-state index contributed by atoms with van der Waals surface area (Å²) in [7, 11) is 0. The summed E-state index contributed by atoms with van der Waals surface area (Å²) >= 11 is 2.86. The molecular weight excluding hydrogens is 338 g/mol. The van der Waals surface area contributed by atoms with Gasteiger partial charge in [0.15, 0.2) is 11.8 Å². The van der Waals surface area contributed by atoms with Gasteiger partial charge in [0.2, 0.25) is 0 Å². The molecule has 0 spiro atoms. The van der Waals surface area contributed by atoms with Gasteiger partial charge < -0.3 is 10.1 Å². The lowest BCUT2D eigenvalue weighted by molar-refractivity contribution is -0.136. The molecule has 1 N–H and O–H groups in total. The van der Waals surface area contributed by atoms with Crippen molar-refractivity contribution in [2.75, 3.05) is 13.1 Å². The number of nitrogens with zero attached hydrogens (tertiary/aromatic N) is 2. The molecule has 0 radical (unpaired) electrons. The number of urea groups is 1. The number of aromatic nitrogens is 1. The SMILES string of the molecule is C[C@H](OC(=O)c1csc(-c2cccs2)n1)C(=O)N1CCNC1=O. The quantitative estimate of drug-likeness (QED) is 0.851. The van der Waals surface area contributed by atoms with Crippen LogP contribution in [0.4, 0.5) is 4.79 Å². The monoisotopic (exact) mass is 351 g/mol. The van der Waals surface area contributed by atoms with E-state index >= 15 is 0 Å². The lowest BCUT2D eigenvalue weighted by Crippen LogP contribution is -2.41. The molecule has 0 saturated carbocycles. The third kappa shape index (κ3) is 3.25. The third-order valence-electron chi connectivity index (χ3n) is 3.20. The van der Waals surface area contributed by atoms with Crippen molar-refractivity contribution in [2.24, 2.45) is 0 Å². The molecular formula is C14H13N3O4S2. The highest BCUT2D eigenvalue weighted by Gasteiger charge is 2.32. The molecule has 0 aliphatic carbocycles. The smallest absolute Gasteiger partial charge is 0.358 e. The second-order valence-corrected chi connectivity index (χ2v) is 6.59. The van der Waals surface area contributed by atoms with Gasteiger partial charge in [-0.3, -0.25) is 9.69 Å². The number of nitrogens with one attached hydrogen (secondary N) is 1. The van der Waals surface area contributed by atoms with Gasteiger partial charge in [0.05, 0.1) is 4.88 Å². The summed E-state index contributed by atoms with van der Waals surface area (Å²) in [5, 5.41) is 6.77. The molecule has 120 valence electrons. The summed E-state index contributed by atoms with van der Waals surface area (Å²) in [6.45, 7) is 2.12. The predicted molar refractivity (Wildman–Crippen MR) is 85.4 cm³/mol. The molecule has 1 saturated heterocycles. The van der Waals surface area contributed by atoms with Crippen molar-refractivity contribution < 1.29 is 19.1 Å². The number of ether oxygens (including phenoxy) is 1. The summed E-state index contributed by atoms with van der Waals surface area (Å²) < 4.78 is 5.13. The molecule has 23 heavy (non-hydrogen) atoms. The lowest BCUT2D eigenvalue weighted by atomic mass is 10.3. The minimum Gasteiger partial charge on any atom is -0.448 e. The van der Waals surface area contributed by atoms with Crippen LogP contribution in [0.15, 0.2) is 22.9 Å². The van der Waals surface area contributed by atoms with Gasteiger partial charge in [-0.25, -0.2) is 14.6 Å². The minimum atomic E-state index is -1.04. The van der Waals surface area contributed by atoms with Crippen LogP contribution in [0.2, 0.25) is 0 Å². The molecule has 9 heteroatoms. The first-order chi connectivity index (χ1) is 11.1. The van der Waals surface area contributed by atoms with Gasteiger partial charge in [-0.15, -0.1) is 22.7 Å². The Bertz CT molecular complexity index is 741. The normalized spacial score (nSPS) is 15.3. The number of amides is 3. The zero-order valence-electron chi connectivity index (χ0n) is 12.1. The van der Waals surface area contributed by atoms with Crippen LogP contribution in [0.3, 0.4) is 0 Å². The number of hydrogen-bond donors (Lipinski definition) is 1. The topological polar surface area (TPSA) is 88.6 Å². The lowest BCUT2D eigenvalue weighted by Gasteiger charge is -2.17. The molecule has 2 aromatic heterocycles. The number of thiazole rings is 1. The number of esters is 1. The molecule has 1 aliphatic heterocycles. The summed E-state index contributed by atoms with van der Waals surface area (Å²) in [6, 6.07) is 3.35. The summed E-state index contributed by atoms with van der Waals surface area (Å²) in [6.07, 6.45) is -1.04. The van der Waals surface area contributed by atoms with E-state index in [0.717, 1.165) is 14.8 Å². The van der Waals surface area contributed by atoms with E-state index in [4.69, 9.17) is 4.74 Å². The van der Waals surface area contributed by atoms with E-state index in [1.165, 1.54) is 29.6 Å². The van der Waals surface area contributed by atoms with Crippen LogP contribution in [0, 0.1) is 0 Å². The zero-order valence-corrected chi connectivity index (χ0v) is 13.8. The summed E-state index contributed by atoms with van der Waals surface area (Å²) in [5.74, 6) is -1.22. The van der Waals surface area contributed by atoms with E-state index in [1.807, 2.05) is 17.5 Å². The fourth-order valence-electron chi connectivity index (χ4n) is 2.05. The maximum absolute atomic E-state index is 12.1. The van der Waals surface area contributed by atoms with Gasteiger partial charge in [0.25, 0.3) is 5.91 Å². The molecule has 0 unspecified atom stereocenters. The average molecular weight is 351 g/mol. The fraction of sp³-hybridized carbons (Fsp3) is 0.286. The number of carbonyl (C=O) groups excluding carboxylic acids is 3. The van der Waals surface area contributed by atoms with Crippen LogP contribution in [-0.4, -0.2) is 47.0 Å². The van der Waals surface area contributed by atoms with Crippen LogP contribution >= 0.6 is 22.7 Å². The van der Waals surface area contributed by atoms with Crippen molar-refractivity contribution in [2.45, 2.75) is 13.0 Å². The minimum absolute atomic E-state index is 0.156. The van der Waals surface area contributed by atoms with E-state index in [0.29, 0.717) is 6.54 Å². The van der Waals surface area contributed by atoms with Crippen molar-refractivity contribution in [3.63, 3.8) is 0 Å². The average Bonchev–Trinajstić information content (AvgIpc) is 3.26. The standard InChI is InChI=1S/C14H13N3O4S2/c1-8(12(18)17-5-4-15-14(17)20)21-13(19)9-7-23-11(16-9)10-3-2-6-22-10/h2-3,6-8H,4-5H2,1H3,(H,15,20)/t8-/m0/s1. The Morgan fingerprint density at radius 1 is 1.43 bits per heavy atom. The first-order valence-corrected chi connectivity index (χ1v) is 8.62. The number of hydrogen-bond acceptors (Lipinski definition) is 7. The van der Waals surface area contributed by atoms with Gasteiger partial charge in [-0.05, 0) is 18.4 Å². The van der Waals surface area contributed by atoms with Crippen molar-refractivity contribution in [1.29, 1.82) is 0 Å². The van der Waals surface area contributed by atoms with Gasteiger partial charge in [-0.2, -0.15) is 0 Å². The van der Waals surface area contributed by atoms with Crippen molar-refractivity contribution in [3.05, 3.63) is 28.6 Å². The van der Waals surface area contributed by atoms with Crippen molar-refractivity contribution in [1.82, 2.24) is 15.2 Å². The van der Waals surface area contributed by atoms with Crippen LogP contribution in [0.5, 0.6) is 0 Å². The molecule has 3 heterocycles. The molecule has 3 amide bonds. The highest BCUT2D eigenvalue weighted by Crippen LogP contribution is 2.28. The van der Waals surface area contributed by atoms with Crippen molar-refractivity contribution in [3.8, 4) is 9.88 Å². The van der Waals surface area contributed by atoms with Gasteiger partial charge in [0, 0.05) is 18.5 Å². The maximum Gasteiger partial charge on any atom is 0.358 e.